The molecule has 1 aliphatic rings. The van der Waals surface area contributed by atoms with E-state index in [1.807, 2.05) is 11.3 Å². The molecule has 17 heavy (non-hydrogen) atoms. The molecule has 0 aliphatic carbocycles. The van der Waals surface area contributed by atoms with Gasteiger partial charge in [0.15, 0.2) is 0 Å². The maximum absolute atomic E-state index is 4.82. The van der Waals surface area contributed by atoms with E-state index in [-0.39, 0.29) is 0 Å². The number of nitrogens with zero attached hydrogens (tertiary/aromatic N) is 1. The monoisotopic (exact) mass is 270 g/mol. The van der Waals surface area contributed by atoms with E-state index in [1.54, 1.807) is 0 Å². The lowest BCUT2D eigenvalue weighted by molar-refractivity contribution is 0.399. The van der Waals surface area contributed by atoms with Gasteiger partial charge in [0.2, 0.25) is 0 Å². The zero-order valence-electron chi connectivity index (χ0n) is 10.9. The second-order valence-corrected chi connectivity index (χ2v) is 6.96. The first-order valence-corrected chi connectivity index (χ1v) is 8.52. The fourth-order valence-electron chi connectivity index (χ4n) is 2.20. The SMILES string of the molecule is CCNC(c1nc(C(C)C)cs1)C1CCSC1. The van der Waals surface area contributed by atoms with Crippen LogP contribution in [0.4, 0.5) is 0 Å². The van der Waals surface area contributed by atoms with Crippen LogP contribution < -0.4 is 5.32 Å². The van der Waals surface area contributed by atoms with Crippen molar-refractivity contribution in [2.24, 2.45) is 5.92 Å². The van der Waals surface area contributed by atoms with Crippen molar-refractivity contribution >= 4 is 23.1 Å². The largest absolute Gasteiger partial charge is 0.308 e. The highest BCUT2D eigenvalue weighted by molar-refractivity contribution is 7.99. The smallest absolute Gasteiger partial charge is 0.110 e. The van der Waals surface area contributed by atoms with E-state index in [9.17, 15) is 0 Å². The average molecular weight is 270 g/mol. The first-order valence-electron chi connectivity index (χ1n) is 6.48. The molecule has 2 atom stereocenters. The lowest BCUT2D eigenvalue weighted by Gasteiger charge is -2.21. The van der Waals surface area contributed by atoms with Crippen molar-refractivity contribution in [2.75, 3.05) is 18.1 Å². The van der Waals surface area contributed by atoms with Crippen molar-refractivity contribution in [2.45, 2.75) is 39.2 Å². The van der Waals surface area contributed by atoms with Gasteiger partial charge < -0.3 is 5.32 Å². The van der Waals surface area contributed by atoms with Gasteiger partial charge in [0.25, 0.3) is 0 Å². The standard InChI is InChI=1S/C13H22N2S2/c1-4-14-12(10-5-6-16-7-10)13-15-11(8-17-13)9(2)3/h8-10,12,14H,4-7H2,1-3H3. The molecule has 96 valence electrons. The van der Waals surface area contributed by atoms with E-state index < -0.39 is 0 Å². The Morgan fingerprint density at radius 3 is 2.88 bits per heavy atom. The summed E-state index contributed by atoms with van der Waals surface area (Å²) in [6.45, 7) is 7.65. The summed E-state index contributed by atoms with van der Waals surface area (Å²) in [5.41, 5.74) is 1.25. The normalized spacial score (nSPS) is 22.2. The van der Waals surface area contributed by atoms with Gasteiger partial charge in [-0.15, -0.1) is 11.3 Å². The number of thioether (sulfide) groups is 1. The lowest BCUT2D eigenvalue weighted by atomic mass is 9.99. The van der Waals surface area contributed by atoms with Crippen LogP contribution in [-0.4, -0.2) is 23.0 Å². The van der Waals surface area contributed by atoms with Crippen molar-refractivity contribution in [1.82, 2.24) is 10.3 Å². The van der Waals surface area contributed by atoms with Gasteiger partial charge in [-0.2, -0.15) is 11.8 Å². The molecule has 1 aromatic heterocycles. The van der Waals surface area contributed by atoms with Crippen molar-refractivity contribution in [1.29, 1.82) is 0 Å². The molecule has 0 amide bonds. The summed E-state index contributed by atoms with van der Waals surface area (Å²) in [5, 5.41) is 7.15. The van der Waals surface area contributed by atoms with Crippen molar-refractivity contribution in [3.63, 3.8) is 0 Å². The predicted molar refractivity (Wildman–Crippen MR) is 78.1 cm³/mol. The van der Waals surface area contributed by atoms with Crippen LogP contribution in [0.1, 0.15) is 49.9 Å². The molecule has 1 fully saturated rings. The Labute approximate surface area is 113 Å². The molecular weight excluding hydrogens is 248 g/mol. The van der Waals surface area contributed by atoms with Crippen LogP contribution in [0.2, 0.25) is 0 Å². The van der Waals surface area contributed by atoms with Crippen LogP contribution in [0.5, 0.6) is 0 Å². The van der Waals surface area contributed by atoms with Crippen molar-refractivity contribution < 1.29 is 0 Å². The van der Waals surface area contributed by atoms with E-state index >= 15 is 0 Å². The minimum Gasteiger partial charge on any atom is -0.308 e. The van der Waals surface area contributed by atoms with Gasteiger partial charge in [-0.1, -0.05) is 20.8 Å². The van der Waals surface area contributed by atoms with Gasteiger partial charge in [-0.3, -0.25) is 0 Å². The Morgan fingerprint density at radius 2 is 2.35 bits per heavy atom. The highest BCUT2D eigenvalue weighted by atomic mass is 32.2. The fourth-order valence-corrected chi connectivity index (χ4v) is 4.64. The maximum Gasteiger partial charge on any atom is 0.110 e. The number of hydrogen-bond donors (Lipinski definition) is 1. The number of nitrogens with one attached hydrogen (secondary N) is 1. The third kappa shape index (κ3) is 3.24. The molecule has 2 heterocycles. The van der Waals surface area contributed by atoms with Gasteiger partial charge in [0, 0.05) is 5.38 Å². The fraction of sp³-hybridized carbons (Fsp3) is 0.769. The molecule has 2 nitrogen and oxygen atoms in total. The van der Waals surface area contributed by atoms with Crippen LogP contribution in [-0.2, 0) is 0 Å². The van der Waals surface area contributed by atoms with Crippen LogP contribution >= 0.6 is 23.1 Å². The molecule has 1 saturated heterocycles. The summed E-state index contributed by atoms with van der Waals surface area (Å²) in [5.74, 6) is 3.91. The molecule has 0 radical (unpaired) electrons. The van der Waals surface area contributed by atoms with Crippen LogP contribution in [0, 0.1) is 5.92 Å². The highest BCUT2D eigenvalue weighted by Crippen LogP contribution is 2.35. The molecule has 4 heteroatoms. The van der Waals surface area contributed by atoms with E-state index in [2.05, 4.69) is 43.2 Å². The minimum atomic E-state index is 0.479. The quantitative estimate of drug-likeness (QED) is 0.883. The summed E-state index contributed by atoms with van der Waals surface area (Å²) in [6, 6.07) is 0.479. The molecular formula is C13H22N2S2. The molecule has 0 aromatic carbocycles. The van der Waals surface area contributed by atoms with E-state index in [1.165, 1.54) is 28.6 Å². The van der Waals surface area contributed by atoms with Gasteiger partial charge in [0.05, 0.1) is 11.7 Å². The Balaban J connectivity index is 2.13. The van der Waals surface area contributed by atoms with Crippen molar-refractivity contribution in [3.05, 3.63) is 16.1 Å². The molecule has 1 aromatic rings. The summed E-state index contributed by atoms with van der Waals surface area (Å²) >= 11 is 3.91. The predicted octanol–water partition coefficient (Wildman–Crippen LogP) is 3.67. The minimum absolute atomic E-state index is 0.479. The summed E-state index contributed by atoms with van der Waals surface area (Å²) in [7, 11) is 0. The zero-order chi connectivity index (χ0) is 12.3. The highest BCUT2D eigenvalue weighted by Gasteiger charge is 2.28. The Bertz CT molecular complexity index is 343. The van der Waals surface area contributed by atoms with Crippen molar-refractivity contribution in [3.8, 4) is 0 Å². The van der Waals surface area contributed by atoms with Gasteiger partial charge in [-0.05, 0) is 36.3 Å². The van der Waals surface area contributed by atoms with Crippen LogP contribution in [0.3, 0.4) is 0 Å². The second kappa shape index (κ2) is 6.21. The number of rotatable bonds is 5. The summed E-state index contributed by atoms with van der Waals surface area (Å²) < 4.78 is 0. The molecule has 2 unspecified atom stereocenters. The van der Waals surface area contributed by atoms with E-state index in [0.29, 0.717) is 12.0 Å². The number of hydrogen-bond acceptors (Lipinski definition) is 4. The molecule has 0 spiro atoms. The molecule has 1 N–H and O–H groups in total. The zero-order valence-corrected chi connectivity index (χ0v) is 12.5. The number of thiazole rings is 1. The maximum atomic E-state index is 4.82. The third-order valence-electron chi connectivity index (χ3n) is 3.26. The molecule has 0 bridgehead atoms. The topological polar surface area (TPSA) is 24.9 Å². The lowest BCUT2D eigenvalue weighted by Crippen LogP contribution is -2.28. The Hall–Kier alpha value is -0.0600. The Morgan fingerprint density at radius 1 is 1.53 bits per heavy atom. The first-order chi connectivity index (χ1) is 8.22. The van der Waals surface area contributed by atoms with E-state index in [0.717, 1.165) is 12.5 Å². The van der Waals surface area contributed by atoms with E-state index in [4.69, 9.17) is 4.98 Å². The van der Waals surface area contributed by atoms with Gasteiger partial charge in [-0.25, -0.2) is 4.98 Å². The van der Waals surface area contributed by atoms with Gasteiger partial charge >= 0.3 is 0 Å². The summed E-state index contributed by atoms with van der Waals surface area (Å²) in [4.78, 5) is 4.82. The third-order valence-corrected chi connectivity index (χ3v) is 5.39. The average Bonchev–Trinajstić information content (AvgIpc) is 2.97. The molecule has 2 rings (SSSR count). The Kier molecular flexibility index (Phi) is 4.88. The number of aromatic nitrogens is 1. The first kappa shape index (κ1) is 13.4. The molecule has 1 aliphatic heterocycles. The van der Waals surface area contributed by atoms with Crippen LogP contribution in [0.25, 0.3) is 0 Å². The van der Waals surface area contributed by atoms with Gasteiger partial charge in [0.1, 0.15) is 5.01 Å². The second-order valence-electron chi connectivity index (χ2n) is 4.92. The van der Waals surface area contributed by atoms with Crippen LogP contribution in [0.15, 0.2) is 5.38 Å². The molecule has 0 saturated carbocycles. The summed E-state index contributed by atoms with van der Waals surface area (Å²) in [6.07, 6.45) is 1.33.